The zero-order chi connectivity index (χ0) is 22.1. The second-order valence-corrected chi connectivity index (χ2v) is 8.13. The summed E-state index contributed by atoms with van der Waals surface area (Å²) < 4.78 is 20.7. The Kier molecular flexibility index (Phi) is 11.7. The first-order valence-corrected chi connectivity index (χ1v) is 10.5. The van der Waals surface area contributed by atoms with Gasteiger partial charge < -0.3 is 19.9 Å². The van der Waals surface area contributed by atoms with Crippen LogP contribution in [0.2, 0.25) is 5.02 Å². The molecular weight excluding hydrogens is 534 g/mol. The van der Waals surface area contributed by atoms with E-state index in [1.807, 2.05) is 25.5 Å². The maximum absolute atomic E-state index is 13.4. The van der Waals surface area contributed by atoms with Crippen molar-refractivity contribution in [3.05, 3.63) is 46.3 Å². The van der Waals surface area contributed by atoms with E-state index in [0.717, 1.165) is 30.2 Å². The molecule has 174 valence electrons. The minimum atomic E-state index is -0.343. The zero-order valence-electron chi connectivity index (χ0n) is 18.8. The second-order valence-electron chi connectivity index (χ2n) is 7.73. The van der Waals surface area contributed by atoms with Gasteiger partial charge in [0.25, 0.3) is 0 Å². The molecule has 1 aromatic carbocycles. The van der Waals surface area contributed by atoms with E-state index in [2.05, 4.69) is 39.7 Å². The quantitative estimate of drug-likeness (QED) is 0.197. The number of guanidine groups is 1. The van der Waals surface area contributed by atoms with Gasteiger partial charge in [-0.15, -0.1) is 34.2 Å². The topological polar surface area (TPSA) is 76.4 Å². The van der Waals surface area contributed by atoms with Crippen molar-refractivity contribution in [1.82, 2.24) is 25.4 Å². The minimum Gasteiger partial charge on any atom is -0.382 e. The molecule has 2 rings (SSSR count). The van der Waals surface area contributed by atoms with Crippen LogP contribution >= 0.6 is 35.6 Å². The molecule has 1 aromatic heterocycles. The average Bonchev–Trinajstić information content (AvgIpc) is 3.01. The van der Waals surface area contributed by atoms with Crippen molar-refractivity contribution in [3.63, 3.8) is 0 Å². The van der Waals surface area contributed by atoms with E-state index in [0.29, 0.717) is 37.3 Å². The maximum Gasteiger partial charge on any atom is 0.191 e. The molecule has 0 unspecified atom stereocenters. The summed E-state index contributed by atoms with van der Waals surface area (Å²) in [5, 5.41) is 15.4. The minimum absolute atomic E-state index is 0. The highest BCUT2D eigenvalue weighted by atomic mass is 127. The summed E-state index contributed by atoms with van der Waals surface area (Å²) >= 11 is 6.28. The van der Waals surface area contributed by atoms with E-state index in [-0.39, 0.29) is 35.2 Å². The molecule has 2 N–H and O–H groups in total. The molecule has 0 spiro atoms. The Labute approximate surface area is 206 Å². The van der Waals surface area contributed by atoms with E-state index < -0.39 is 0 Å². The van der Waals surface area contributed by atoms with Crippen molar-refractivity contribution < 1.29 is 9.13 Å². The summed E-state index contributed by atoms with van der Waals surface area (Å²) in [6.45, 7) is 11.1. The lowest BCUT2D eigenvalue weighted by atomic mass is 9.84. The van der Waals surface area contributed by atoms with Crippen LogP contribution in [0, 0.1) is 12.7 Å². The van der Waals surface area contributed by atoms with Gasteiger partial charge in [-0.05, 0) is 38.0 Å². The summed E-state index contributed by atoms with van der Waals surface area (Å²) in [5.74, 6) is 1.94. The summed E-state index contributed by atoms with van der Waals surface area (Å²) in [6, 6.07) is 4.50. The summed E-state index contributed by atoms with van der Waals surface area (Å²) in [6.07, 6.45) is 0.866. The SMILES string of the molecule is CCOCCCNC(=NCc1nnc(C)n1C)NCC(C)(C)c1ccc(F)cc1Cl.I. The van der Waals surface area contributed by atoms with Gasteiger partial charge >= 0.3 is 0 Å². The second kappa shape index (κ2) is 13.2. The fourth-order valence-electron chi connectivity index (χ4n) is 2.88. The van der Waals surface area contributed by atoms with Gasteiger partial charge in [-0.1, -0.05) is 31.5 Å². The van der Waals surface area contributed by atoms with Gasteiger partial charge in [0.15, 0.2) is 11.8 Å². The maximum atomic E-state index is 13.4. The lowest BCUT2D eigenvalue weighted by Gasteiger charge is -2.28. The number of hydrogen-bond donors (Lipinski definition) is 2. The predicted octanol–water partition coefficient (Wildman–Crippen LogP) is 3.97. The van der Waals surface area contributed by atoms with Gasteiger partial charge in [-0.2, -0.15) is 0 Å². The predicted molar refractivity (Wildman–Crippen MR) is 134 cm³/mol. The van der Waals surface area contributed by atoms with Gasteiger partial charge in [0.05, 0.1) is 0 Å². The fourth-order valence-corrected chi connectivity index (χ4v) is 3.30. The largest absolute Gasteiger partial charge is 0.382 e. The number of nitrogens with one attached hydrogen (secondary N) is 2. The monoisotopic (exact) mass is 566 g/mol. The number of benzene rings is 1. The van der Waals surface area contributed by atoms with Crippen LogP contribution in [0.25, 0.3) is 0 Å². The summed E-state index contributed by atoms with van der Waals surface area (Å²) in [7, 11) is 1.92. The normalized spacial score (nSPS) is 11.9. The third-order valence-corrected chi connectivity index (χ3v) is 5.19. The number of aromatic nitrogens is 3. The van der Waals surface area contributed by atoms with E-state index in [1.54, 1.807) is 6.07 Å². The molecule has 0 saturated carbocycles. The molecule has 0 aliphatic rings. The number of hydrogen-bond acceptors (Lipinski definition) is 4. The molecule has 10 heteroatoms. The third-order valence-electron chi connectivity index (χ3n) is 4.88. The highest BCUT2D eigenvalue weighted by Crippen LogP contribution is 2.29. The van der Waals surface area contributed by atoms with Crippen molar-refractivity contribution >= 4 is 41.5 Å². The van der Waals surface area contributed by atoms with Gasteiger partial charge in [-0.3, -0.25) is 0 Å². The van der Waals surface area contributed by atoms with Crippen LogP contribution in [0.15, 0.2) is 23.2 Å². The first-order chi connectivity index (χ1) is 14.2. The number of rotatable bonds is 10. The van der Waals surface area contributed by atoms with Crippen LogP contribution in [0.4, 0.5) is 4.39 Å². The number of halogens is 3. The Morgan fingerprint density at radius 1 is 1.29 bits per heavy atom. The first-order valence-electron chi connectivity index (χ1n) is 10.1. The van der Waals surface area contributed by atoms with Crippen molar-refractivity contribution in [2.24, 2.45) is 12.0 Å². The van der Waals surface area contributed by atoms with Crippen molar-refractivity contribution in [2.75, 3.05) is 26.3 Å². The van der Waals surface area contributed by atoms with Crippen molar-refractivity contribution in [2.45, 2.75) is 46.1 Å². The molecular formula is C21H33ClFIN6O. The number of aryl methyl sites for hydroxylation is 1. The molecule has 2 aromatic rings. The third kappa shape index (κ3) is 8.53. The van der Waals surface area contributed by atoms with E-state index in [4.69, 9.17) is 16.3 Å². The van der Waals surface area contributed by atoms with Crippen molar-refractivity contribution in [3.8, 4) is 0 Å². The fraction of sp³-hybridized carbons (Fsp3) is 0.571. The van der Waals surface area contributed by atoms with Gasteiger partial charge in [-0.25, -0.2) is 9.38 Å². The average molecular weight is 567 g/mol. The Bertz CT molecular complexity index is 858. The molecule has 0 aliphatic carbocycles. The molecule has 31 heavy (non-hydrogen) atoms. The highest BCUT2D eigenvalue weighted by molar-refractivity contribution is 14.0. The molecule has 0 atom stereocenters. The molecule has 0 fully saturated rings. The van der Waals surface area contributed by atoms with Crippen LogP contribution < -0.4 is 10.6 Å². The first kappa shape index (κ1) is 27.6. The lowest BCUT2D eigenvalue weighted by Crippen LogP contribution is -2.44. The highest BCUT2D eigenvalue weighted by Gasteiger charge is 2.24. The lowest BCUT2D eigenvalue weighted by molar-refractivity contribution is 0.145. The van der Waals surface area contributed by atoms with Crippen LogP contribution in [0.3, 0.4) is 0 Å². The molecule has 0 radical (unpaired) electrons. The Balaban J connectivity index is 0.00000480. The van der Waals surface area contributed by atoms with Crippen LogP contribution in [-0.4, -0.2) is 47.0 Å². The number of aliphatic imine (C=N–C) groups is 1. The Morgan fingerprint density at radius 3 is 2.65 bits per heavy atom. The van der Waals surface area contributed by atoms with Gasteiger partial charge in [0.2, 0.25) is 0 Å². The van der Waals surface area contributed by atoms with Crippen molar-refractivity contribution in [1.29, 1.82) is 0 Å². The summed E-state index contributed by atoms with van der Waals surface area (Å²) in [4.78, 5) is 4.66. The smallest absolute Gasteiger partial charge is 0.191 e. The summed E-state index contributed by atoms with van der Waals surface area (Å²) in [5.41, 5.74) is 0.539. The molecule has 7 nitrogen and oxygen atoms in total. The van der Waals surface area contributed by atoms with E-state index in [1.165, 1.54) is 12.1 Å². The van der Waals surface area contributed by atoms with Crippen LogP contribution in [0.5, 0.6) is 0 Å². The number of ether oxygens (including phenoxy) is 1. The zero-order valence-corrected chi connectivity index (χ0v) is 21.9. The molecule has 0 amide bonds. The molecule has 0 saturated heterocycles. The van der Waals surface area contributed by atoms with Crippen LogP contribution in [0.1, 0.15) is 44.4 Å². The standard InChI is InChI=1S/C21H32ClFN6O.HI/c1-6-30-11-7-10-24-20(25-13-19-28-27-15(2)29(19)5)26-14-21(3,4)17-9-8-16(23)12-18(17)22;/h8-9,12H,6-7,10-11,13-14H2,1-5H3,(H2,24,25,26);1H. The molecule has 0 aliphatic heterocycles. The van der Waals surface area contributed by atoms with Gasteiger partial charge in [0, 0.05) is 43.8 Å². The number of nitrogens with zero attached hydrogens (tertiary/aromatic N) is 4. The molecule has 1 heterocycles. The Morgan fingerprint density at radius 2 is 2.03 bits per heavy atom. The molecule has 0 bridgehead atoms. The Hall–Kier alpha value is -1.46. The van der Waals surface area contributed by atoms with Gasteiger partial charge in [0.1, 0.15) is 18.2 Å². The van der Waals surface area contributed by atoms with E-state index >= 15 is 0 Å². The van der Waals surface area contributed by atoms with E-state index in [9.17, 15) is 4.39 Å². The van der Waals surface area contributed by atoms with Crippen LogP contribution in [-0.2, 0) is 23.7 Å².